The normalized spacial score (nSPS) is 22.3. The summed E-state index contributed by atoms with van der Waals surface area (Å²) >= 11 is 0. The second-order valence-corrected chi connectivity index (χ2v) is 9.27. The van der Waals surface area contributed by atoms with Gasteiger partial charge in [-0.3, -0.25) is 4.79 Å². The molecular formula is C17H32N2O3S. The van der Waals surface area contributed by atoms with Gasteiger partial charge in [-0.25, -0.2) is 8.42 Å². The van der Waals surface area contributed by atoms with Gasteiger partial charge in [-0.1, -0.05) is 32.6 Å². The zero-order chi connectivity index (χ0) is 16.9. The van der Waals surface area contributed by atoms with E-state index in [2.05, 4.69) is 6.92 Å². The Kier molecular flexibility index (Phi) is 6.89. The molecule has 5 nitrogen and oxygen atoms in total. The van der Waals surface area contributed by atoms with Gasteiger partial charge in [0.1, 0.15) is 0 Å². The summed E-state index contributed by atoms with van der Waals surface area (Å²) in [5.41, 5.74) is 0. The highest BCUT2D eigenvalue weighted by Crippen LogP contribution is 2.24. The van der Waals surface area contributed by atoms with Crippen molar-refractivity contribution in [2.75, 3.05) is 25.9 Å². The molecule has 1 aliphatic heterocycles. The molecule has 134 valence electrons. The molecule has 0 aromatic carbocycles. The molecule has 2 aliphatic rings. The summed E-state index contributed by atoms with van der Waals surface area (Å²) in [6, 6.07) is 0.0849. The number of hydrogen-bond donors (Lipinski definition) is 0. The average molecular weight is 345 g/mol. The smallest absolute Gasteiger partial charge is 0.223 e. The average Bonchev–Trinajstić information content (AvgIpc) is 2.76. The maximum Gasteiger partial charge on any atom is 0.223 e. The van der Waals surface area contributed by atoms with Gasteiger partial charge in [-0.15, -0.1) is 0 Å². The number of hydrogen-bond acceptors (Lipinski definition) is 3. The molecule has 0 radical (unpaired) electrons. The summed E-state index contributed by atoms with van der Waals surface area (Å²) in [6.45, 7) is 4.21. The van der Waals surface area contributed by atoms with Crippen LogP contribution >= 0.6 is 0 Å². The molecule has 1 saturated carbocycles. The molecule has 1 amide bonds. The van der Waals surface area contributed by atoms with Crippen LogP contribution in [0.5, 0.6) is 0 Å². The van der Waals surface area contributed by atoms with Gasteiger partial charge in [0.05, 0.1) is 6.26 Å². The quantitative estimate of drug-likeness (QED) is 0.720. The number of carbonyl (C=O) groups is 1. The van der Waals surface area contributed by atoms with Crippen LogP contribution < -0.4 is 0 Å². The minimum absolute atomic E-state index is 0.0849. The molecule has 1 heterocycles. The Balaban J connectivity index is 1.91. The van der Waals surface area contributed by atoms with E-state index in [0.717, 1.165) is 51.6 Å². The molecule has 23 heavy (non-hydrogen) atoms. The number of carbonyl (C=O) groups excluding carboxylic acids is 1. The van der Waals surface area contributed by atoms with Crippen LogP contribution in [0.1, 0.15) is 64.7 Å². The number of nitrogens with zero attached hydrogens (tertiary/aromatic N) is 2. The second kappa shape index (κ2) is 8.47. The Morgan fingerprint density at radius 2 is 1.61 bits per heavy atom. The van der Waals surface area contributed by atoms with E-state index in [0.29, 0.717) is 18.9 Å². The SMILES string of the molecule is CC1CCN(C(=O)CCN(C2CCCCCC2)S(C)(=O)=O)CC1. The van der Waals surface area contributed by atoms with Gasteiger partial charge in [0.2, 0.25) is 15.9 Å². The summed E-state index contributed by atoms with van der Waals surface area (Å²) in [5, 5.41) is 0. The molecule has 0 atom stereocenters. The number of sulfonamides is 1. The first-order valence-electron chi connectivity index (χ1n) is 9.12. The van der Waals surface area contributed by atoms with Crippen molar-refractivity contribution in [3.05, 3.63) is 0 Å². The first kappa shape index (κ1) is 18.7. The summed E-state index contributed by atoms with van der Waals surface area (Å²) < 4.78 is 26.0. The van der Waals surface area contributed by atoms with Crippen molar-refractivity contribution in [1.82, 2.24) is 9.21 Å². The number of likely N-dealkylation sites (tertiary alicyclic amines) is 1. The molecule has 2 fully saturated rings. The third-order valence-corrected chi connectivity index (χ3v) is 6.67. The molecule has 1 aliphatic carbocycles. The van der Waals surface area contributed by atoms with Gasteiger partial charge < -0.3 is 4.90 Å². The van der Waals surface area contributed by atoms with E-state index < -0.39 is 10.0 Å². The summed E-state index contributed by atoms with van der Waals surface area (Å²) in [5.74, 6) is 0.803. The lowest BCUT2D eigenvalue weighted by molar-refractivity contribution is -0.132. The Hall–Kier alpha value is -0.620. The fraction of sp³-hybridized carbons (Fsp3) is 0.941. The molecule has 1 saturated heterocycles. The zero-order valence-corrected chi connectivity index (χ0v) is 15.5. The Labute approximate surface area is 141 Å². The first-order chi connectivity index (χ1) is 10.9. The maximum atomic E-state index is 12.4. The van der Waals surface area contributed by atoms with Crippen molar-refractivity contribution in [3.8, 4) is 0 Å². The van der Waals surface area contributed by atoms with Gasteiger partial charge >= 0.3 is 0 Å². The van der Waals surface area contributed by atoms with Crippen molar-refractivity contribution in [2.24, 2.45) is 5.92 Å². The Morgan fingerprint density at radius 3 is 2.13 bits per heavy atom. The van der Waals surface area contributed by atoms with E-state index in [1.165, 1.54) is 19.1 Å². The van der Waals surface area contributed by atoms with Gasteiger partial charge in [-0.05, 0) is 31.6 Å². The van der Waals surface area contributed by atoms with Crippen LogP contribution in [0.4, 0.5) is 0 Å². The minimum atomic E-state index is -3.25. The minimum Gasteiger partial charge on any atom is -0.343 e. The van der Waals surface area contributed by atoms with Crippen molar-refractivity contribution >= 4 is 15.9 Å². The van der Waals surface area contributed by atoms with Gasteiger partial charge in [0, 0.05) is 32.1 Å². The van der Waals surface area contributed by atoms with E-state index in [4.69, 9.17) is 0 Å². The van der Waals surface area contributed by atoms with Crippen LogP contribution in [0, 0.1) is 5.92 Å². The van der Waals surface area contributed by atoms with Crippen LogP contribution in [0.15, 0.2) is 0 Å². The second-order valence-electron chi connectivity index (χ2n) is 7.33. The molecular weight excluding hydrogens is 312 g/mol. The van der Waals surface area contributed by atoms with Crippen LogP contribution in [0.25, 0.3) is 0 Å². The van der Waals surface area contributed by atoms with Crippen molar-refractivity contribution in [2.45, 2.75) is 70.8 Å². The number of amides is 1. The monoisotopic (exact) mass is 344 g/mol. The largest absolute Gasteiger partial charge is 0.343 e. The van der Waals surface area contributed by atoms with Crippen molar-refractivity contribution in [1.29, 1.82) is 0 Å². The first-order valence-corrected chi connectivity index (χ1v) is 11.0. The molecule has 0 unspecified atom stereocenters. The van der Waals surface area contributed by atoms with Crippen molar-refractivity contribution in [3.63, 3.8) is 0 Å². The van der Waals surface area contributed by atoms with Crippen LogP contribution in [-0.4, -0.2) is 55.5 Å². The third-order valence-electron chi connectivity index (χ3n) is 5.34. The fourth-order valence-electron chi connectivity index (χ4n) is 3.79. The number of piperidine rings is 1. The molecule has 2 rings (SSSR count). The van der Waals surface area contributed by atoms with Gasteiger partial charge in [-0.2, -0.15) is 4.31 Å². The lowest BCUT2D eigenvalue weighted by Gasteiger charge is -2.32. The van der Waals surface area contributed by atoms with E-state index in [-0.39, 0.29) is 11.9 Å². The molecule has 0 aromatic heterocycles. The van der Waals surface area contributed by atoms with E-state index >= 15 is 0 Å². The molecule has 6 heteroatoms. The van der Waals surface area contributed by atoms with Crippen LogP contribution in [0.3, 0.4) is 0 Å². The molecule has 0 N–H and O–H groups in total. The highest BCUT2D eigenvalue weighted by molar-refractivity contribution is 7.88. The van der Waals surface area contributed by atoms with Crippen LogP contribution in [0.2, 0.25) is 0 Å². The predicted molar refractivity (Wildman–Crippen MR) is 92.6 cm³/mol. The topological polar surface area (TPSA) is 57.7 Å². The Morgan fingerprint density at radius 1 is 1.04 bits per heavy atom. The van der Waals surface area contributed by atoms with Gasteiger partial charge in [0.15, 0.2) is 0 Å². The zero-order valence-electron chi connectivity index (χ0n) is 14.7. The molecule has 0 bridgehead atoms. The lowest BCUT2D eigenvalue weighted by Crippen LogP contribution is -2.43. The summed E-state index contributed by atoms with van der Waals surface area (Å²) in [7, 11) is -3.25. The lowest BCUT2D eigenvalue weighted by atomic mass is 9.99. The van der Waals surface area contributed by atoms with Crippen molar-refractivity contribution < 1.29 is 13.2 Å². The highest BCUT2D eigenvalue weighted by Gasteiger charge is 2.29. The number of rotatable bonds is 5. The fourth-order valence-corrected chi connectivity index (χ4v) is 4.96. The predicted octanol–water partition coefficient (Wildman–Crippen LogP) is 2.62. The summed E-state index contributed by atoms with van der Waals surface area (Å²) in [6.07, 6.45) is 10.2. The standard InChI is InChI=1S/C17H32N2O3S/c1-15-9-12-18(13-10-15)17(20)11-14-19(23(2,21)22)16-7-5-3-4-6-8-16/h15-16H,3-14H2,1-2H3. The third kappa shape index (κ3) is 5.75. The van der Waals surface area contributed by atoms with E-state index in [1.54, 1.807) is 4.31 Å². The highest BCUT2D eigenvalue weighted by atomic mass is 32.2. The Bertz CT molecular complexity index is 476. The van der Waals surface area contributed by atoms with E-state index in [1.807, 2.05) is 4.90 Å². The van der Waals surface area contributed by atoms with Gasteiger partial charge in [0.25, 0.3) is 0 Å². The molecule has 0 spiro atoms. The molecule has 0 aromatic rings. The van der Waals surface area contributed by atoms with E-state index in [9.17, 15) is 13.2 Å². The summed E-state index contributed by atoms with van der Waals surface area (Å²) in [4.78, 5) is 14.3. The van der Waals surface area contributed by atoms with Crippen LogP contribution in [-0.2, 0) is 14.8 Å². The maximum absolute atomic E-state index is 12.4.